The zero-order chi connectivity index (χ0) is 15.4. The lowest BCUT2D eigenvalue weighted by atomic mass is 10.2. The first-order valence-electron chi connectivity index (χ1n) is 6.65. The highest BCUT2D eigenvalue weighted by molar-refractivity contribution is 7.09. The second-order valence-corrected chi connectivity index (χ2v) is 6.23. The summed E-state index contributed by atoms with van der Waals surface area (Å²) in [6.45, 7) is 4.57. The van der Waals surface area contributed by atoms with Gasteiger partial charge in [-0.15, -0.1) is 11.3 Å². The summed E-state index contributed by atoms with van der Waals surface area (Å²) in [7, 11) is 0. The number of hydrogen-bond donors (Lipinski definition) is 1. The topological polar surface area (TPSA) is 42.0 Å². The van der Waals surface area contributed by atoms with Gasteiger partial charge in [0.15, 0.2) is 0 Å². The van der Waals surface area contributed by atoms with Crippen LogP contribution in [-0.2, 0) is 6.42 Å². The Morgan fingerprint density at radius 3 is 2.86 bits per heavy atom. The number of amides is 1. The van der Waals surface area contributed by atoms with Crippen LogP contribution in [-0.4, -0.2) is 17.4 Å². The minimum Gasteiger partial charge on any atom is -0.352 e. The van der Waals surface area contributed by atoms with E-state index < -0.39 is 11.7 Å². The highest BCUT2D eigenvalue weighted by Gasteiger charge is 2.15. The number of aromatic nitrogens is 1. The fraction of sp³-hybridized carbons (Fsp3) is 0.333. The quantitative estimate of drug-likeness (QED) is 0.901. The fourth-order valence-electron chi connectivity index (χ4n) is 1.81. The van der Waals surface area contributed by atoms with E-state index in [9.17, 15) is 9.18 Å². The molecule has 0 fully saturated rings. The van der Waals surface area contributed by atoms with E-state index in [-0.39, 0.29) is 10.6 Å². The molecule has 0 aliphatic carbocycles. The van der Waals surface area contributed by atoms with Gasteiger partial charge in [0.2, 0.25) is 0 Å². The van der Waals surface area contributed by atoms with Crippen LogP contribution >= 0.6 is 22.9 Å². The number of carbonyl (C=O) groups is 1. The van der Waals surface area contributed by atoms with Gasteiger partial charge in [-0.25, -0.2) is 9.37 Å². The Morgan fingerprint density at radius 1 is 1.48 bits per heavy atom. The molecule has 6 heteroatoms. The predicted molar refractivity (Wildman–Crippen MR) is 83.7 cm³/mol. The fourth-order valence-corrected chi connectivity index (χ4v) is 2.93. The summed E-state index contributed by atoms with van der Waals surface area (Å²) in [6, 6.07) is 4.18. The van der Waals surface area contributed by atoms with Gasteiger partial charge in [0.1, 0.15) is 5.82 Å². The van der Waals surface area contributed by atoms with Gasteiger partial charge in [-0.1, -0.05) is 31.5 Å². The normalized spacial score (nSPS) is 10.9. The molecule has 0 saturated carbocycles. The summed E-state index contributed by atoms with van der Waals surface area (Å²) < 4.78 is 13.6. The van der Waals surface area contributed by atoms with Crippen LogP contribution in [0.15, 0.2) is 23.6 Å². The molecule has 0 unspecified atom stereocenters. The molecule has 0 bridgehead atoms. The standard InChI is InChI=1S/C15H16ClFN2OS/c1-9(2)15-19-10(8-21-15)6-7-18-14(20)13-11(16)4-3-5-12(13)17/h3-5,8-9H,6-7H2,1-2H3,(H,18,20). The molecule has 2 rings (SSSR count). The van der Waals surface area contributed by atoms with Gasteiger partial charge in [-0.3, -0.25) is 4.79 Å². The lowest BCUT2D eigenvalue weighted by molar-refractivity contribution is 0.0950. The van der Waals surface area contributed by atoms with Crippen molar-refractivity contribution >= 4 is 28.8 Å². The number of rotatable bonds is 5. The summed E-state index contributed by atoms with van der Waals surface area (Å²) in [5.74, 6) is -0.719. The number of thiazole rings is 1. The maximum absolute atomic E-state index is 13.6. The Morgan fingerprint density at radius 2 is 2.24 bits per heavy atom. The summed E-state index contributed by atoms with van der Waals surface area (Å²) in [4.78, 5) is 16.4. The third kappa shape index (κ3) is 4.02. The van der Waals surface area contributed by atoms with Crippen molar-refractivity contribution in [3.05, 3.63) is 50.7 Å². The Hall–Kier alpha value is -1.46. The van der Waals surface area contributed by atoms with Crippen LogP contribution in [0.5, 0.6) is 0 Å². The van der Waals surface area contributed by atoms with Gasteiger partial charge in [-0.2, -0.15) is 0 Å². The smallest absolute Gasteiger partial charge is 0.255 e. The van der Waals surface area contributed by atoms with Crippen molar-refractivity contribution in [2.24, 2.45) is 0 Å². The van der Waals surface area contributed by atoms with Gasteiger partial charge in [0, 0.05) is 24.3 Å². The van der Waals surface area contributed by atoms with Crippen molar-refractivity contribution in [3.63, 3.8) is 0 Å². The number of hydrogen-bond acceptors (Lipinski definition) is 3. The number of nitrogens with zero attached hydrogens (tertiary/aromatic N) is 1. The molecule has 112 valence electrons. The maximum Gasteiger partial charge on any atom is 0.255 e. The zero-order valence-electron chi connectivity index (χ0n) is 11.8. The van der Waals surface area contributed by atoms with Gasteiger partial charge in [0.05, 0.1) is 21.3 Å². The van der Waals surface area contributed by atoms with Crippen LogP contribution < -0.4 is 5.32 Å². The minimum atomic E-state index is -0.615. The van der Waals surface area contributed by atoms with Crippen LogP contribution in [0, 0.1) is 5.82 Å². The second-order valence-electron chi connectivity index (χ2n) is 4.93. The summed E-state index contributed by atoms with van der Waals surface area (Å²) in [6.07, 6.45) is 0.612. The van der Waals surface area contributed by atoms with Crippen molar-refractivity contribution in [1.82, 2.24) is 10.3 Å². The molecule has 0 saturated heterocycles. The van der Waals surface area contributed by atoms with E-state index in [4.69, 9.17) is 11.6 Å². The number of benzene rings is 1. The average molecular weight is 327 g/mol. The SMILES string of the molecule is CC(C)c1nc(CCNC(=O)c2c(F)cccc2Cl)cs1. The Kier molecular flexibility index (Phi) is 5.31. The molecule has 1 aromatic heterocycles. The maximum atomic E-state index is 13.6. The molecule has 3 nitrogen and oxygen atoms in total. The highest BCUT2D eigenvalue weighted by Crippen LogP contribution is 2.20. The van der Waals surface area contributed by atoms with Crippen molar-refractivity contribution in [2.75, 3.05) is 6.54 Å². The molecular weight excluding hydrogens is 311 g/mol. The van der Waals surface area contributed by atoms with E-state index >= 15 is 0 Å². The van der Waals surface area contributed by atoms with Gasteiger partial charge < -0.3 is 5.32 Å². The van der Waals surface area contributed by atoms with E-state index in [1.807, 2.05) is 5.38 Å². The van der Waals surface area contributed by atoms with Crippen LogP contribution in [0.25, 0.3) is 0 Å². The largest absolute Gasteiger partial charge is 0.352 e. The predicted octanol–water partition coefficient (Wildman–Crippen LogP) is 4.03. The summed E-state index contributed by atoms with van der Waals surface area (Å²) in [5, 5.41) is 5.84. The van der Waals surface area contributed by atoms with Crippen LogP contribution in [0.2, 0.25) is 5.02 Å². The molecule has 0 aliphatic rings. The second kappa shape index (κ2) is 7.00. The molecule has 1 heterocycles. The Bertz CT molecular complexity index is 622. The third-order valence-corrected chi connectivity index (χ3v) is 4.43. The molecule has 2 aromatic rings. The molecule has 21 heavy (non-hydrogen) atoms. The first kappa shape index (κ1) is 15.9. The van der Waals surface area contributed by atoms with Crippen molar-refractivity contribution in [2.45, 2.75) is 26.2 Å². The minimum absolute atomic E-state index is 0.111. The number of nitrogens with one attached hydrogen (secondary N) is 1. The molecule has 1 N–H and O–H groups in total. The lowest BCUT2D eigenvalue weighted by Gasteiger charge is -2.06. The Labute approximate surface area is 132 Å². The number of carbonyl (C=O) groups excluding carboxylic acids is 1. The number of halogens is 2. The van der Waals surface area contributed by atoms with Crippen LogP contribution in [0.3, 0.4) is 0 Å². The molecule has 0 spiro atoms. The van der Waals surface area contributed by atoms with E-state index in [0.29, 0.717) is 18.9 Å². The Balaban J connectivity index is 1.92. The van der Waals surface area contributed by atoms with E-state index in [1.165, 1.54) is 18.2 Å². The third-order valence-electron chi connectivity index (χ3n) is 2.92. The molecular formula is C15H16ClFN2OS. The van der Waals surface area contributed by atoms with Crippen LogP contribution in [0.4, 0.5) is 4.39 Å². The lowest BCUT2D eigenvalue weighted by Crippen LogP contribution is -2.27. The molecule has 0 aliphatic heterocycles. The highest BCUT2D eigenvalue weighted by atomic mass is 35.5. The molecule has 1 amide bonds. The van der Waals surface area contributed by atoms with Gasteiger partial charge in [0.25, 0.3) is 5.91 Å². The molecule has 1 aromatic carbocycles. The average Bonchev–Trinajstić information content (AvgIpc) is 2.87. The van der Waals surface area contributed by atoms with Gasteiger partial charge in [-0.05, 0) is 12.1 Å². The van der Waals surface area contributed by atoms with E-state index in [2.05, 4.69) is 24.1 Å². The monoisotopic (exact) mass is 326 g/mol. The van der Waals surface area contributed by atoms with E-state index in [0.717, 1.165) is 10.7 Å². The molecule has 0 radical (unpaired) electrons. The van der Waals surface area contributed by atoms with Crippen molar-refractivity contribution in [1.29, 1.82) is 0 Å². The van der Waals surface area contributed by atoms with Crippen molar-refractivity contribution in [3.8, 4) is 0 Å². The van der Waals surface area contributed by atoms with Crippen molar-refractivity contribution < 1.29 is 9.18 Å². The summed E-state index contributed by atoms with van der Waals surface area (Å²) >= 11 is 7.46. The van der Waals surface area contributed by atoms with Gasteiger partial charge >= 0.3 is 0 Å². The zero-order valence-corrected chi connectivity index (χ0v) is 13.4. The first-order chi connectivity index (χ1) is 9.99. The molecule has 0 atom stereocenters. The van der Waals surface area contributed by atoms with Crippen LogP contribution in [0.1, 0.15) is 40.8 Å². The van der Waals surface area contributed by atoms with E-state index in [1.54, 1.807) is 11.3 Å². The first-order valence-corrected chi connectivity index (χ1v) is 7.91. The summed E-state index contributed by atoms with van der Waals surface area (Å²) in [5.41, 5.74) is 0.823.